The minimum atomic E-state index is -0.491. The summed E-state index contributed by atoms with van der Waals surface area (Å²) in [5, 5.41) is -0.185. The van der Waals surface area contributed by atoms with Crippen molar-refractivity contribution in [1.82, 2.24) is 0 Å². The molecular formula is C10H10O4S. The molecule has 5 heteroatoms. The molecule has 0 fully saturated rings. The third-order valence-electron chi connectivity index (χ3n) is 1.54. The van der Waals surface area contributed by atoms with Gasteiger partial charge in [0.2, 0.25) is 5.12 Å². The highest BCUT2D eigenvalue weighted by atomic mass is 32.2. The number of esters is 1. The monoisotopic (exact) mass is 226 g/mol. The van der Waals surface area contributed by atoms with Gasteiger partial charge < -0.3 is 8.92 Å². The second-order valence-electron chi connectivity index (χ2n) is 2.65. The molecule has 0 spiro atoms. The third-order valence-corrected chi connectivity index (χ3v) is 2.04. The predicted molar refractivity (Wildman–Crippen MR) is 56.7 cm³/mol. The molecule has 0 bridgehead atoms. The summed E-state index contributed by atoms with van der Waals surface area (Å²) in [5.41, 5.74) is 0.300. The maximum atomic E-state index is 11.3. The highest BCUT2D eigenvalue weighted by Crippen LogP contribution is 2.22. The van der Waals surface area contributed by atoms with Gasteiger partial charge in [-0.3, -0.25) is 4.79 Å². The molecule has 80 valence electrons. The van der Waals surface area contributed by atoms with E-state index in [0.29, 0.717) is 23.4 Å². The van der Waals surface area contributed by atoms with Crippen LogP contribution in [-0.2, 0) is 9.53 Å². The average Bonchev–Trinajstić information content (AvgIpc) is 2.25. The van der Waals surface area contributed by atoms with Crippen LogP contribution in [0.1, 0.15) is 17.3 Å². The fraction of sp³-hybridized carbons (Fsp3) is 0.200. The number of carbonyl (C=O) groups is 2. The normalized spacial score (nSPS) is 9.47. The first kappa shape index (κ1) is 11.6. The molecule has 0 saturated heterocycles. The van der Waals surface area contributed by atoms with Gasteiger partial charge in [0, 0.05) is 6.92 Å². The number of ether oxygens (including phenoxy) is 1. The number of hydrogen-bond acceptors (Lipinski definition) is 5. The van der Waals surface area contributed by atoms with Gasteiger partial charge in [-0.15, -0.1) is 0 Å². The van der Waals surface area contributed by atoms with Crippen LogP contribution in [0.3, 0.4) is 0 Å². The van der Waals surface area contributed by atoms with Crippen LogP contribution in [0, 0.1) is 0 Å². The summed E-state index contributed by atoms with van der Waals surface area (Å²) in [6.45, 7) is 1.38. The van der Waals surface area contributed by atoms with Crippen molar-refractivity contribution in [3.63, 3.8) is 0 Å². The van der Waals surface area contributed by atoms with Gasteiger partial charge in [-0.2, -0.15) is 0 Å². The molecule has 0 aromatic heterocycles. The van der Waals surface area contributed by atoms with Crippen LogP contribution < -0.4 is 4.18 Å². The van der Waals surface area contributed by atoms with Crippen LogP contribution in [0.4, 0.5) is 0 Å². The molecule has 0 atom stereocenters. The Kier molecular flexibility index (Phi) is 4.17. The first-order valence-corrected chi connectivity index (χ1v) is 4.91. The number of para-hydroxylation sites is 1. The van der Waals surface area contributed by atoms with Gasteiger partial charge in [-0.05, 0) is 12.1 Å². The zero-order valence-electron chi connectivity index (χ0n) is 8.35. The summed E-state index contributed by atoms with van der Waals surface area (Å²) in [7, 11) is 1.29. The predicted octanol–water partition coefficient (Wildman–Crippen LogP) is 2.05. The lowest BCUT2D eigenvalue weighted by Crippen LogP contribution is -2.03. The SMILES string of the molecule is COC(=O)c1ccccc1OSC(C)=O. The van der Waals surface area contributed by atoms with E-state index in [9.17, 15) is 9.59 Å². The smallest absolute Gasteiger partial charge is 0.341 e. The van der Waals surface area contributed by atoms with E-state index >= 15 is 0 Å². The second-order valence-corrected chi connectivity index (χ2v) is 3.55. The van der Waals surface area contributed by atoms with Crippen LogP contribution in [0.5, 0.6) is 5.75 Å². The molecule has 0 aliphatic rings. The lowest BCUT2D eigenvalue weighted by Gasteiger charge is -2.06. The van der Waals surface area contributed by atoms with E-state index in [4.69, 9.17) is 4.18 Å². The lowest BCUT2D eigenvalue weighted by molar-refractivity contribution is -0.109. The van der Waals surface area contributed by atoms with Gasteiger partial charge in [0.25, 0.3) is 0 Å². The van der Waals surface area contributed by atoms with Crippen molar-refractivity contribution >= 4 is 23.1 Å². The first-order chi connectivity index (χ1) is 7.15. The maximum absolute atomic E-state index is 11.3. The van der Waals surface area contributed by atoms with E-state index in [1.807, 2.05) is 0 Å². The summed E-state index contributed by atoms with van der Waals surface area (Å²) in [4.78, 5) is 22.0. The average molecular weight is 226 g/mol. The summed E-state index contributed by atoms with van der Waals surface area (Å²) < 4.78 is 9.66. The molecule has 0 radical (unpaired) electrons. The second kappa shape index (κ2) is 5.41. The van der Waals surface area contributed by atoms with Crippen molar-refractivity contribution in [2.45, 2.75) is 6.92 Å². The molecule has 15 heavy (non-hydrogen) atoms. The number of carbonyl (C=O) groups excluding carboxylic acids is 2. The van der Waals surface area contributed by atoms with E-state index in [1.165, 1.54) is 14.0 Å². The molecule has 0 heterocycles. The minimum Gasteiger partial charge on any atom is -0.465 e. The standard InChI is InChI=1S/C10H10O4S/c1-7(11)15-14-9-6-4-3-5-8(9)10(12)13-2/h3-6H,1-2H3. The number of methoxy groups -OCH3 is 1. The number of rotatable bonds is 3. The van der Waals surface area contributed by atoms with Crippen LogP contribution in [0.2, 0.25) is 0 Å². The van der Waals surface area contributed by atoms with Crippen molar-refractivity contribution in [2.75, 3.05) is 7.11 Å². The molecule has 0 aliphatic heterocycles. The van der Waals surface area contributed by atoms with Crippen molar-refractivity contribution in [3.8, 4) is 5.75 Å². The van der Waals surface area contributed by atoms with Crippen molar-refractivity contribution in [1.29, 1.82) is 0 Å². The Hall–Kier alpha value is -1.49. The Morgan fingerprint density at radius 2 is 1.93 bits per heavy atom. The van der Waals surface area contributed by atoms with E-state index < -0.39 is 5.97 Å². The van der Waals surface area contributed by atoms with Gasteiger partial charge in [0.15, 0.2) is 5.75 Å². The molecular weight excluding hydrogens is 216 g/mol. The van der Waals surface area contributed by atoms with Gasteiger partial charge in [-0.25, -0.2) is 4.79 Å². The molecule has 0 N–H and O–H groups in total. The fourth-order valence-corrected chi connectivity index (χ4v) is 1.27. The Morgan fingerprint density at radius 3 is 2.53 bits per heavy atom. The lowest BCUT2D eigenvalue weighted by atomic mass is 10.2. The van der Waals surface area contributed by atoms with Gasteiger partial charge in [0.05, 0.1) is 7.11 Å². The van der Waals surface area contributed by atoms with E-state index in [2.05, 4.69) is 4.74 Å². The Morgan fingerprint density at radius 1 is 1.27 bits per heavy atom. The summed E-state index contributed by atoms with van der Waals surface area (Å²) in [6.07, 6.45) is 0. The Bertz CT molecular complexity index is 375. The highest BCUT2D eigenvalue weighted by Gasteiger charge is 2.12. The number of hydrogen-bond donors (Lipinski definition) is 0. The molecule has 1 aromatic carbocycles. The molecule has 0 aliphatic carbocycles. The van der Waals surface area contributed by atoms with Crippen LogP contribution >= 0.6 is 12.0 Å². The molecule has 0 unspecified atom stereocenters. The molecule has 1 aromatic rings. The summed E-state index contributed by atoms with van der Waals surface area (Å²) in [5.74, 6) is -0.167. The zero-order valence-corrected chi connectivity index (χ0v) is 9.17. The van der Waals surface area contributed by atoms with Gasteiger partial charge in [-0.1, -0.05) is 12.1 Å². The van der Waals surface area contributed by atoms with E-state index in [0.717, 1.165) is 0 Å². The maximum Gasteiger partial charge on any atom is 0.341 e. The molecule has 0 saturated carbocycles. The molecule has 1 rings (SSSR count). The Labute approximate surface area is 91.8 Å². The van der Waals surface area contributed by atoms with Crippen LogP contribution in [-0.4, -0.2) is 18.2 Å². The van der Waals surface area contributed by atoms with Crippen molar-refractivity contribution in [3.05, 3.63) is 29.8 Å². The molecule has 0 amide bonds. The van der Waals surface area contributed by atoms with E-state index in [-0.39, 0.29) is 5.12 Å². The highest BCUT2D eigenvalue weighted by molar-refractivity contribution is 8.09. The van der Waals surface area contributed by atoms with E-state index in [1.54, 1.807) is 24.3 Å². The molecule has 4 nitrogen and oxygen atoms in total. The summed E-state index contributed by atoms with van der Waals surface area (Å²) >= 11 is 0.680. The third kappa shape index (κ3) is 3.28. The fourth-order valence-electron chi connectivity index (χ4n) is 0.921. The van der Waals surface area contributed by atoms with Crippen molar-refractivity contribution in [2.24, 2.45) is 0 Å². The summed E-state index contributed by atoms with van der Waals surface area (Å²) in [6, 6.07) is 6.57. The Balaban J connectivity index is 2.86. The first-order valence-electron chi connectivity index (χ1n) is 4.17. The van der Waals surface area contributed by atoms with Gasteiger partial charge in [0.1, 0.15) is 17.6 Å². The topological polar surface area (TPSA) is 52.6 Å². The van der Waals surface area contributed by atoms with Crippen molar-refractivity contribution < 1.29 is 18.5 Å². The number of benzene rings is 1. The van der Waals surface area contributed by atoms with Crippen LogP contribution in [0.25, 0.3) is 0 Å². The van der Waals surface area contributed by atoms with Crippen LogP contribution in [0.15, 0.2) is 24.3 Å². The zero-order chi connectivity index (χ0) is 11.3. The largest absolute Gasteiger partial charge is 0.465 e. The van der Waals surface area contributed by atoms with Gasteiger partial charge >= 0.3 is 5.97 Å². The minimum absolute atomic E-state index is 0.185. The quantitative estimate of drug-likeness (QED) is 0.583.